The average Bonchev–Trinajstić information content (AvgIpc) is 1.62. The fourth-order valence-corrected chi connectivity index (χ4v) is 15.1. The summed E-state index contributed by atoms with van der Waals surface area (Å²) in [4.78, 5) is 122. The quantitative estimate of drug-likeness (QED) is 0.0486. The van der Waals surface area contributed by atoms with E-state index in [0.717, 1.165) is 75.4 Å². The number of ether oxygens (including phenoxy) is 1. The molecule has 0 bridgehead atoms. The molecule has 0 aliphatic carbocycles. The zero-order chi connectivity index (χ0) is 83.5. The Labute approximate surface area is 712 Å². The second-order valence-corrected chi connectivity index (χ2v) is 30.5. The van der Waals surface area contributed by atoms with Gasteiger partial charge in [-0.05, 0) is 160 Å². The number of anilines is 4. The van der Waals surface area contributed by atoms with Crippen LogP contribution in [-0.2, 0) is 52.4 Å². The smallest absolute Gasteiger partial charge is 0.331 e. The van der Waals surface area contributed by atoms with Crippen LogP contribution in [0.1, 0.15) is 90.1 Å². The monoisotopic (exact) mass is 1850 g/mol. The third-order valence-corrected chi connectivity index (χ3v) is 23.6. The lowest BCUT2D eigenvalue weighted by atomic mass is 10.1. The number of fused-ring (bicyclic) bond motifs is 4. The van der Waals surface area contributed by atoms with Crippen molar-refractivity contribution in [3.8, 4) is 5.75 Å². The minimum absolute atomic E-state index is 0.000930. The molecular formula is C77H71BrCl5IN28O5. The summed E-state index contributed by atoms with van der Waals surface area (Å²) in [5.41, 5.74) is 38.3. The van der Waals surface area contributed by atoms with Crippen molar-refractivity contribution < 1.29 is 4.74 Å². The molecule has 0 unspecified atom stereocenters. The van der Waals surface area contributed by atoms with Gasteiger partial charge in [0.05, 0.1) is 105 Å². The van der Waals surface area contributed by atoms with E-state index in [-0.39, 0.29) is 120 Å². The van der Waals surface area contributed by atoms with E-state index in [0.29, 0.717) is 78.1 Å². The Morgan fingerprint density at radius 3 is 0.940 bits per heavy atom. The molecule has 0 aromatic carbocycles. The van der Waals surface area contributed by atoms with Gasteiger partial charge in [-0.25, -0.2) is 19.2 Å². The Balaban J connectivity index is 0.000000135. The maximum absolute atomic E-state index is 13.4. The summed E-state index contributed by atoms with van der Waals surface area (Å²) in [7, 11) is 1.61. The molecule has 0 saturated heterocycles. The van der Waals surface area contributed by atoms with Gasteiger partial charge in [-0.2, -0.15) is 39.9 Å². The lowest BCUT2D eigenvalue weighted by Gasteiger charge is -2.12. The number of rotatable bonds is 17. The van der Waals surface area contributed by atoms with Crippen LogP contribution in [0.15, 0.2) is 146 Å². The number of nitrogens with zero attached hydrogens (tertiary/aromatic N) is 24. The zero-order valence-corrected chi connectivity index (χ0v) is 71.5. The molecule has 0 saturated carbocycles. The van der Waals surface area contributed by atoms with Crippen molar-refractivity contribution in [2.45, 2.75) is 108 Å². The van der Waals surface area contributed by atoms with Gasteiger partial charge in [-0.3, -0.25) is 76.4 Å². The number of nitrogens with two attached hydrogens (primary N) is 4. The van der Waals surface area contributed by atoms with Crippen LogP contribution >= 0.6 is 96.5 Å². The van der Waals surface area contributed by atoms with E-state index < -0.39 is 0 Å². The molecule has 16 heterocycles. The van der Waals surface area contributed by atoms with Crippen molar-refractivity contribution in [2.24, 2.45) is 0 Å². The molecule has 0 aliphatic heterocycles. The van der Waals surface area contributed by atoms with Gasteiger partial charge >= 0.3 is 22.8 Å². The molecule has 0 amide bonds. The van der Waals surface area contributed by atoms with Crippen molar-refractivity contribution in [1.29, 1.82) is 0 Å². The number of imidazole rings is 4. The maximum Gasteiger partial charge on any atom is 0.331 e. The zero-order valence-electron chi connectivity index (χ0n) is 63.9. The third kappa shape index (κ3) is 17.4. The fraction of sp³-hybridized carbons (Fsp3) is 0.221. The van der Waals surface area contributed by atoms with Gasteiger partial charge in [0.2, 0.25) is 23.8 Å². The largest absolute Gasteiger partial charge is 0.496 e. The number of nitrogen functional groups attached to an aromatic ring is 4. The molecule has 8 N–H and O–H groups in total. The Bertz CT molecular complexity index is 6290. The highest BCUT2D eigenvalue weighted by Crippen LogP contribution is 2.32. The van der Waals surface area contributed by atoms with Gasteiger partial charge in [0.15, 0.2) is 43.2 Å². The second kappa shape index (κ2) is 35.4. The number of methoxy groups -OCH3 is 1. The highest BCUT2D eigenvalue weighted by molar-refractivity contribution is 14.1. The van der Waals surface area contributed by atoms with E-state index in [1.807, 2.05) is 128 Å². The van der Waals surface area contributed by atoms with Crippen LogP contribution in [0.5, 0.6) is 5.75 Å². The summed E-state index contributed by atoms with van der Waals surface area (Å²) in [6, 6.07) is 22.0. The van der Waals surface area contributed by atoms with Crippen LogP contribution in [0, 0.1) is 59.0 Å². The van der Waals surface area contributed by atoms with Crippen molar-refractivity contribution in [2.75, 3.05) is 30.0 Å². The molecule has 40 heteroatoms. The van der Waals surface area contributed by atoms with Gasteiger partial charge in [-0.1, -0.05) is 98.2 Å². The van der Waals surface area contributed by atoms with Gasteiger partial charge in [0.25, 0.3) is 0 Å². The van der Waals surface area contributed by atoms with Crippen LogP contribution < -0.4 is 50.4 Å². The predicted octanol–water partition coefficient (Wildman–Crippen LogP) is 11.4. The summed E-state index contributed by atoms with van der Waals surface area (Å²) in [6.07, 6.45) is 13.6. The molecule has 0 aliphatic rings. The molecule has 16 aromatic rings. The van der Waals surface area contributed by atoms with Crippen molar-refractivity contribution >= 4 is 165 Å². The summed E-state index contributed by atoms with van der Waals surface area (Å²) < 4.78 is 19.6. The highest BCUT2D eigenvalue weighted by atomic mass is 127. The van der Waals surface area contributed by atoms with Crippen molar-refractivity contribution in [3.63, 3.8) is 0 Å². The summed E-state index contributed by atoms with van der Waals surface area (Å²) in [5.74, 6) is 0.716. The minimum Gasteiger partial charge on any atom is -0.496 e. The lowest BCUT2D eigenvalue weighted by molar-refractivity contribution is 0.406. The highest BCUT2D eigenvalue weighted by Gasteiger charge is 2.27. The van der Waals surface area contributed by atoms with Gasteiger partial charge < -0.3 is 27.7 Å². The van der Waals surface area contributed by atoms with Crippen LogP contribution in [0.4, 0.5) is 23.8 Å². The first-order valence-electron chi connectivity index (χ1n) is 35.6. The number of hydrogen-bond donors (Lipinski definition) is 4. The Morgan fingerprint density at radius 2 is 0.632 bits per heavy atom. The van der Waals surface area contributed by atoms with Crippen LogP contribution in [-0.4, -0.2) is 123 Å². The molecule has 117 heavy (non-hydrogen) atoms. The van der Waals surface area contributed by atoms with E-state index in [1.54, 1.807) is 56.7 Å². The molecule has 16 aromatic heterocycles. The number of aromatic nitrogens is 24. The molecule has 0 radical (unpaired) electrons. The summed E-state index contributed by atoms with van der Waals surface area (Å²) in [6.45, 7) is 17.2. The third-order valence-electron chi connectivity index (χ3n) is 19.0. The van der Waals surface area contributed by atoms with E-state index in [4.69, 9.17) is 85.7 Å². The molecule has 0 spiro atoms. The number of halogens is 7. The van der Waals surface area contributed by atoms with Crippen LogP contribution in [0.25, 0.3) is 44.7 Å². The number of hydrogen-bond acceptors (Lipinski definition) is 25. The molecule has 0 fully saturated rings. The lowest BCUT2D eigenvalue weighted by Crippen LogP contribution is -2.26. The van der Waals surface area contributed by atoms with E-state index >= 15 is 0 Å². The molecule has 16 rings (SSSR count). The SMILES string of the molecule is COc1c(C)cnc(Cn2c(=O)n(Cc3ccccn3)c3c(Cl)nc(N)nc32)c1C.Cc1cnc(Cn2c(=O)n(Cc3ccccn3)c3c(Cl)nc(N)nc32)c(C)c1Br.Cc1cnc(Cn2c(=O)n(Cc3ccccn3)c3c(Cl)nc(N)nc32)c(C)c1Cl.Cc1cnc(Cn2c(=O)n(Cc3ccccn3)c3c(Cl)nc(N)nc32)c(C)c1I. The van der Waals surface area contributed by atoms with Gasteiger partial charge in [0, 0.05) is 73.8 Å². The standard InChI is InChI=1S/C20H20ClN7O2.C19H17BrClN7O.C19H17Cl2N7O.C19H17ClIN7O/c1-11-8-24-14(12(2)16(11)30-3)10-28-18-15(17(21)25-19(22)26-18)27(20(28)29)9-13-6-4-5-7-23-13;2*1-10-7-24-13(11(2)14(10)20)9-28-17-15(16(21)25-18(22)26-17)27(19(28)29)8-12-5-3-4-6-23-12;1-10-7-24-13(11(2)14(10)21)9-28-17-15(16(20)25-18(22)26-17)27(19(28)29)8-12-5-3-4-6-23-12/h4-8H,9-10H2,1-3H3,(H2,22,25,26);3*3-7H,8-9H2,1-2H3,(H2,22,25,26). The number of aryl methyl sites for hydroxylation is 4. The van der Waals surface area contributed by atoms with E-state index in [1.165, 1.54) is 36.5 Å². The molecule has 0 atom stereocenters. The maximum atomic E-state index is 13.4. The Hall–Kier alpha value is -11.7. The van der Waals surface area contributed by atoms with Gasteiger partial charge in [0.1, 0.15) is 27.8 Å². The second-order valence-electron chi connectivity index (χ2n) is 26.8. The van der Waals surface area contributed by atoms with Crippen LogP contribution in [0.2, 0.25) is 25.6 Å². The normalized spacial score (nSPS) is 11.3. The van der Waals surface area contributed by atoms with Gasteiger partial charge in [-0.15, -0.1) is 0 Å². The first-order valence-corrected chi connectivity index (χ1v) is 39.3. The topological polar surface area (TPSA) is 427 Å². The minimum atomic E-state index is -0.314. The van der Waals surface area contributed by atoms with Crippen molar-refractivity contribution in [3.05, 3.63) is 288 Å². The van der Waals surface area contributed by atoms with E-state index in [9.17, 15) is 19.2 Å². The Morgan fingerprint density at radius 1 is 0.350 bits per heavy atom. The van der Waals surface area contributed by atoms with E-state index in [2.05, 4.69) is 118 Å². The number of pyridine rings is 8. The molecule has 33 nitrogen and oxygen atoms in total. The fourth-order valence-electron chi connectivity index (χ4n) is 13.1. The van der Waals surface area contributed by atoms with Crippen molar-refractivity contribution in [1.82, 2.24) is 116 Å². The molecular weight excluding hydrogens is 1780 g/mol. The molecule has 598 valence electrons. The van der Waals surface area contributed by atoms with Crippen LogP contribution in [0.3, 0.4) is 0 Å². The Kier molecular flexibility index (Phi) is 25.2. The first-order chi connectivity index (χ1) is 56.0. The predicted molar refractivity (Wildman–Crippen MR) is 461 cm³/mol. The summed E-state index contributed by atoms with van der Waals surface area (Å²) >= 11 is 37.6. The summed E-state index contributed by atoms with van der Waals surface area (Å²) in [5, 5.41) is 1.07. The first kappa shape index (κ1) is 83.2. The average molecular weight is 1850 g/mol.